The third kappa shape index (κ3) is 4.01. The summed E-state index contributed by atoms with van der Waals surface area (Å²) in [6.45, 7) is 2.00. The zero-order valence-electron chi connectivity index (χ0n) is 13.8. The number of urea groups is 1. The Morgan fingerprint density at radius 1 is 1.32 bits per heavy atom. The molecule has 2 aliphatic heterocycles. The Bertz CT molecular complexity index is 678. The second-order valence-corrected chi connectivity index (χ2v) is 6.22. The first-order valence-corrected chi connectivity index (χ1v) is 8.33. The largest absolute Gasteiger partial charge is 0.481 e. The number of aliphatic carboxylic acids is 1. The molecule has 1 aromatic rings. The molecular weight excluding hydrogens is 326 g/mol. The Kier molecular flexibility index (Phi) is 5.06. The van der Waals surface area contributed by atoms with Crippen LogP contribution in [0.3, 0.4) is 0 Å². The van der Waals surface area contributed by atoms with Crippen LogP contribution in [0.4, 0.5) is 15.3 Å². The number of ether oxygens (including phenoxy) is 1. The van der Waals surface area contributed by atoms with Crippen molar-refractivity contribution in [3.05, 3.63) is 29.8 Å². The Balaban J connectivity index is 1.57. The van der Waals surface area contributed by atoms with Crippen molar-refractivity contribution in [2.24, 2.45) is 5.92 Å². The topological polar surface area (TPSA) is 99.2 Å². The van der Waals surface area contributed by atoms with Crippen molar-refractivity contribution < 1.29 is 24.2 Å². The fourth-order valence-corrected chi connectivity index (χ4v) is 3.11. The number of cyclic esters (lactones) is 1. The minimum atomic E-state index is -0.859. The van der Waals surface area contributed by atoms with Gasteiger partial charge in [-0.1, -0.05) is 12.1 Å². The van der Waals surface area contributed by atoms with Crippen LogP contribution in [0.5, 0.6) is 0 Å². The lowest BCUT2D eigenvalue weighted by Crippen LogP contribution is -2.46. The van der Waals surface area contributed by atoms with Crippen LogP contribution in [0.1, 0.15) is 18.4 Å². The van der Waals surface area contributed by atoms with Gasteiger partial charge in [0.05, 0.1) is 12.5 Å². The molecular formula is C17H21N3O5. The standard InChI is InChI=1S/C17H21N3O5/c21-15(22)13-4-2-6-19(11-13)16(23)18-10-12-3-1-5-14(9-12)20-7-8-25-17(20)24/h1,3,5,9,13H,2,4,6-8,10-11H2,(H,18,23)(H,21,22). The monoisotopic (exact) mass is 347 g/mol. The predicted octanol–water partition coefficient (Wildman–Crippen LogP) is 1.65. The van der Waals surface area contributed by atoms with Gasteiger partial charge in [-0.3, -0.25) is 9.69 Å². The summed E-state index contributed by atoms with van der Waals surface area (Å²) in [5.74, 6) is -1.35. The lowest BCUT2D eigenvalue weighted by atomic mass is 9.99. The number of benzene rings is 1. The maximum Gasteiger partial charge on any atom is 0.414 e. The minimum absolute atomic E-state index is 0.237. The second kappa shape index (κ2) is 7.42. The lowest BCUT2D eigenvalue weighted by Gasteiger charge is -2.30. The lowest BCUT2D eigenvalue weighted by molar-refractivity contribution is -0.143. The van der Waals surface area contributed by atoms with Gasteiger partial charge < -0.3 is 20.1 Å². The van der Waals surface area contributed by atoms with Crippen molar-refractivity contribution in [3.63, 3.8) is 0 Å². The number of hydrogen-bond acceptors (Lipinski definition) is 4. The molecule has 134 valence electrons. The molecule has 2 heterocycles. The number of carboxylic acid groups (broad SMARTS) is 1. The van der Waals surface area contributed by atoms with Crippen molar-refractivity contribution >= 4 is 23.8 Å². The summed E-state index contributed by atoms with van der Waals surface area (Å²) in [5.41, 5.74) is 1.59. The van der Waals surface area contributed by atoms with Gasteiger partial charge in [-0.25, -0.2) is 9.59 Å². The van der Waals surface area contributed by atoms with Gasteiger partial charge in [0.1, 0.15) is 6.61 Å². The minimum Gasteiger partial charge on any atom is -0.481 e. The van der Waals surface area contributed by atoms with Crippen molar-refractivity contribution in [2.75, 3.05) is 31.1 Å². The molecule has 0 bridgehead atoms. The molecule has 2 saturated heterocycles. The van der Waals surface area contributed by atoms with Crippen LogP contribution in [0.25, 0.3) is 0 Å². The molecule has 8 nitrogen and oxygen atoms in total. The molecule has 3 rings (SSSR count). The number of anilines is 1. The Hall–Kier alpha value is -2.77. The van der Waals surface area contributed by atoms with Gasteiger partial charge in [0, 0.05) is 25.3 Å². The van der Waals surface area contributed by atoms with Crippen LogP contribution in [0, 0.1) is 5.92 Å². The predicted molar refractivity (Wildman–Crippen MR) is 89.3 cm³/mol. The third-order valence-corrected chi connectivity index (χ3v) is 4.48. The average molecular weight is 347 g/mol. The molecule has 1 atom stereocenters. The Morgan fingerprint density at radius 2 is 2.16 bits per heavy atom. The van der Waals surface area contributed by atoms with E-state index in [0.717, 1.165) is 11.3 Å². The number of hydrogen-bond donors (Lipinski definition) is 2. The van der Waals surface area contributed by atoms with Crippen LogP contribution in [0.2, 0.25) is 0 Å². The molecule has 0 aromatic heterocycles. The molecule has 2 aliphatic rings. The van der Waals surface area contributed by atoms with E-state index in [2.05, 4.69) is 5.32 Å². The molecule has 1 unspecified atom stereocenters. The van der Waals surface area contributed by atoms with Gasteiger partial charge in [0.25, 0.3) is 0 Å². The first-order chi connectivity index (χ1) is 12.0. The van der Waals surface area contributed by atoms with Gasteiger partial charge in [0.2, 0.25) is 0 Å². The molecule has 8 heteroatoms. The highest BCUT2D eigenvalue weighted by atomic mass is 16.6. The van der Waals surface area contributed by atoms with Crippen LogP contribution in [0.15, 0.2) is 24.3 Å². The van der Waals surface area contributed by atoms with Crippen molar-refractivity contribution in [3.8, 4) is 0 Å². The molecule has 2 fully saturated rings. The normalized spacial score (nSPS) is 20.3. The summed E-state index contributed by atoms with van der Waals surface area (Å²) in [6.07, 6.45) is 0.929. The van der Waals surface area contributed by atoms with Gasteiger partial charge in [0.15, 0.2) is 0 Å². The summed E-state index contributed by atoms with van der Waals surface area (Å²) in [6, 6.07) is 7.07. The maximum absolute atomic E-state index is 12.3. The summed E-state index contributed by atoms with van der Waals surface area (Å²) < 4.78 is 4.93. The Labute approximate surface area is 145 Å². The summed E-state index contributed by atoms with van der Waals surface area (Å²) in [4.78, 5) is 38.1. The molecule has 0 aliphatic carbocycles. The van der Waals surface area contributed by atoms with Crippen LogP contribution >= 0.6 is 0 Å². The van der Waals surface area contributed by atoms with E-state index >= 15 is 0 Å². The molecule has 1 aromatic carbocycles. The van der Waals surface area contributed by atoms with E-state index in [4.69, 9.17) is 9.84 Å². The van der Waals surface area contributed by atoms with E-state index in [-0.39, 0.29) is 18.7 Å². The first-order valence-electron chi connectivity index (χ1n) is 8.33. The van der Waals surface area contributed by atoms with Crippen LogP contribution in [-0.2, 0) is 16.1 Å². The quantitative estimate of drug-likeness (QED) is 0.863. The number of piperidine rings is 1. The van der Waals surface area contributed by atoms with Crippen LogP contribution < -0.4 is 10.2 Å². The molecule has 0 saturated carbocycles. The van der Waals surface area contributed by atoms with Gasteiger partial charge in [-0.05, 0) is 30.5 Å². The highest BCUT2D eigenvalue weighted by molar-refractivity contribution is 5.89. The summed E-state index contributed by atoms with van der Waals surface area (Å²) >= 11 is 0. The number of carbonyl (C=O) groups excluding carboxylic acids is 2. The van der Waals surface area contributed by atoms with E-state index < -0.39 is 11.9 Å². The van der Waals surface area contributed by atoms with Crippen LogP contribution in [-0.4, -0.2) is 54.3 Å². The number of nitrogens with zero attached hydrogens (tertiary/aromatic N) is 2. The number of likely N-dealkylation sites (tertiary alicyclic amines) is 1. The molecule has 3 amide bonds. The van der Waals surface area contributed by atoms with Gasteiger partial charge in [-0.2, -0.15) is 0 Å². The number of amides is 3. The van der Waals surface area contributed by atoms with E-state index in [1.807, 2.05) is 24.3 Å². The number of carboxylic acids is 1. The van der Waals surface area contributed by atoms with Gasteiger partial charge in [-0.15, -0.1) is 0 Å². The van der Waals surface area contributed by atoms with Gasteiger partial charge >= 0.3 is 18.1 Å². The summed E-state index contributed by atoms with van der Waals surface area (Å²) in [7, 11) is 0. The third-order valence-electron chi connectivity index (χ3n) is 4.48. The van der Waals surface area contributed by atoms with E-state index in [1.165, 1.54) is 0 Å². The van der Waals surface area contributed by atoms with E-state index in [1.54, 1.807) is 9.80 Å². The second-order valence-electron chi connectivity index (χ2n) is 6.22. The zero-order valence-corrected chi connectivity index (χ0v) is 13.8. The van der Waals surface area contributed by atoms with Crippen molar-refractivity contribution in [2.45, 2.75) is 19.4 Å². The first kappa shape index (κ1) is 17.1. The highest BCUT2D eigenvalue weighted by Crippen LogP contribution is 2.20. The zero-order chi connectivity index (χ0) is 17.8. The highest BCUT2D eigenvalue weighted by Gasteiger charge is 2.28. The molecule has 25 heavy (non-hydrogen) atoms. The van der Waals surface area contributed by atoms with E-state index in [0.29, 0.717) is 39.1 Å². The molecule has 0 radical (unpaired) electrons. The van der Waals surface area contributed by atoms with Crippen molar-refractivity contribution in [1.29, 1.82) is 0 Å². The average Bonchev–Trinajstić information content (AvgIpc) is 3.06. The summed E-state index contributed by atoms with van der Waals surface area (Å²) in [5, 5.41) is 11.9. The smallest absolute Gasteiger partial charge is 0.414 e. The maximum atomic E-state index is 12.3. The Morgan fingerprint density at radius 3 is 2.88 bits per heavy atom. The number of carbonyl (C=O) groups is 3. The fraction of sp³-hybridized carbons (Fsp3) is 0.471. The molecule has 0 spiro atoms. The van der Waals surface area contributed by atoms with E-state index in [9.17, 15) is 14.4 Å². The molecule has 2 N–H and O–H groups in total. The van der Waals surface area contributed by atoms with Crippen molar-refractivity contribution in [1.82, 2.24) is 10.2 Å². The number of rotatable bonds is 4. The number of nitrogens with one attached hydrogen (secondary N) is 1. The SMILES string of the molecule is O=C(O)C1CCCN(C(=O)NCc2cccc(N3CCOC3=O)c2)C1. The fourth-order valence-electron chi connectivity index (χ4n) is 3.11.